The second-order valence-electron chi connectivity index (χ2n) is 5.80. The number of nitrogens with one attached hydrogen (secondary N) is 1. The van der Waals surface area contributed by atoms with E-state index in [0.29, 0.717) is 23.8 Å². The van der Waals surface area contributed by atoms with Gasteiger partial charge in [-0.25, -0.2) is 0 Å². The minimum Gasteiger partial charge on any atom is -0.487 e. The van der Waals surface area contributed by atoms with Crippen LogP contribution in [0.15, 0.2) is 60.7 Å². The van der Waals surface area contributed by atoms with Crippen molar-refractivity contribution < 1.29 is 14.3 Å². The van der Waals surface area contributed by atoms with Crippen LogP contribution in [0.25, 0.3) is 0 Å². The quantitative estimate of drug-likeness (QED) is 0.770. The van der Waals surface area contributed by atoms with Gasteiger partial charge in [-0.3, -0.25) is 4.79 Å². The summed E-state index contributed by atoms with van der Waals surface area (Å²) in [6.07, 6.45) is -0.623. The Morgan fingerprint density at radius 3 is 2.50 bits per heavy atom. The van der Waals surface area contributed by atoms with Crippen LogP contribution in [-0.4, -0.2) is 18.6 Å². The van der Waals surface area contributed by atoms with Crippen LogP contribution in [0.3, 0.4) is 0 Å². The Hall–Kier alpha value is -2.75. The highest BCUT2D eigenvalue weighted by Gasteiger charge is 2.16. The van der Waals surface area contributed by atoms with Crippen molar-refractivity contribution in [1.29, 1.82) is 0 Å². The molecule has 126 valence electrons. The fourth-order valence-electron chi connectivity index (χ4n) is 2.01. The molecule has 0 heterocycles. The normalized spacial score (nSPS) is 11.5. The molecule has 1 atom stereocenters. The van der Waals surface area contributed by atoms with Crippen molar-refractivity contribution in [3.8, 4) is 11.5 Å². The number of benzene rings is 2. The summed E-state index contributed by atoms with van der Waals surface area (Å²) in [5, 5.41) is 2.85. The van der Waals surface area contributed by atoms with Gasteiger partial charge in [0, 0.05) is 0 Å². The number of hydrogen-bond donors (Lipinski definition) is 1. The van der Waals surface area contributed by atoms with Gasteiger partial charge in [0.15, 0.2) is 6.10 Å². The molecule has 0 saturated heterocycles. The van der Waals surface area contributed by atoms with Crippen LogP contribution < -0.4 is 14.8 Å². The maximum absolute atomic E-state index is 12.4. The van der Waals surface area contributed by atoms with Gasteiger partial charge in [-0.2, -0.15) is 0 Å². The molecule has 2 aromatic carbocycles. The molecular formula is C20H23NO3. The molecule has 0 aliphatic carbocycles. The summed E-state index contributed by atoms with van der Waals surface area (Å²) in [6.45, 7) is 9.82. The van der Waals surface area contributed by atoms with Crippen molar-refractivity contribution in [3.05, 3.63) is 66.2 Å². The molecule has 1 unspecified atom stereocenters. The smallest absolute Gasteiger partial charge is 0.265 e. The standard InChI is InChI=1S/C20H23NO3/c1-14(2)13-23-19-8-6-5-7-18(19)21-20(22)16(4)24-17-11-9-15(3)10-12-17/h5-12,16H,1,13H2,2-4H3,(H,21,22). The first-order valence-corrected chi connectivity index (χ1v) is 7.86. The maximum atomic E-state index is 12.4. The van der Waals surface area contributed by atoms with E-state index in [1.54, 1.807) is 13.0 Å². The van der Waals surface area contributed by atoms with Gasteiger partial charge >= 0.3 is 0 Å². The van der Waals surface area contributed by atoms with Crippen LogP contribution in [0.2, 0.25) is 0 Å². The van der Waals surface area contributed by atoms with E-state index in [1.165, 1.54) is 0 Å². The molecule has 0 aromatic heterocycles. The summed E-state index contributed by atoms with van der Waals surface area (Å²) in [7, 11) is 0. The maximum Gasteiger partial charge on any atom is 0.265 e. The third-order valence-corrected chi connectivity index (χ3v) is 3.32. The summed E-state index contributed by atoms with van der Waals surface area (Å²) >= 11 is 0. The molecule has 1 N–H and O–H groups in total. The minimum absolute atomic E-state index is 0.234. The van der Waals surface area contributed by atoms with Crippen molar-refractivity contribution >= 4 is 11.6 Å². The lowest BCUT2D eigenvalue weighted by atomic mass is 10.2. The summed E-state index contributed by atoms with van der Waals surface area (Å²) < 4.78 is 11.3. The van der Waals surface area contributed by atoms with Crippen LogP contribution in [0.1, 0.15) is 19.4 Å². The van der Waals surface area contributed by atoms with Crippen LogP contribution in [0.4, 0.5) is 5.69 Å². The van der Waals surface area contributed by atoms with E-state index in [9.17, 15) is 4.79 Å². The third-order valence-electron chi connectivity index (χ3n) is 3.32. The van der Waals surface area contributed by atoms with Crippen LogP contribution in [0, 0.1) is 6.92 Å². The highest BCUT2D eigenvalue weighted by atomic mass is 16.5. The Morgan fingerprint density at radius 2 is 1.83 bits per heavy atom. The number of para-hydroxylation sites is 2. The number of ether oxygens (including phenoxy) is 2. The van der Waals surface area contributed by atoms with Crippen molar-refractivity contribution in [2.75, 3.05) is 11.9 Å². The predicted octanol–water partition coefficient (Wildman–Crippen LogP) is 4.36. The number of carbonyl (C=O) groups excluding carboxylic acids is 1. The van der Waals surface area contributed by atoms with Gasteiger partial charge in [0.25, 0.3) is 5.91 Å². The zero-order valence-electron chi connectivity index (χ0n) is 14.3. The Bertz CT molecular complexity index is 707. The largest absolute Gasteiger partial charge is 0.487 e. The lowest BCUT2D eigenvalue weighted by molar-refractivity contribution is -0.122. The first-order chi connectivity index (χ1) is 11.5. The van der Waals surface area contributed by atoms with E-state index in [1.807, 2.05) is 56.3 Å². The van der Waals surface area contributed by atoms with Crippen molar-refractivity contribution in [3.63, 3.8) is 0 Å². The fourth-order valence-corrected chi connectivity index (χ4v) is 2.01. The number of anilines is 1. The first kappa shape index (κ1) is 17.6. The Labute approximate surface area is 143 Å². The number of hydrogen-bond acceptors (Lipinski definition) is 3. The number of carbonyl (C=O) groups is 1. The molecule has 24 heavy (non-hydrogen) atoms. The lowest BCUT2D eigenvalue weighted by Crippen LogP contribution is -2.30. The van der Waals surface area contributed by atoms with Crippen molar-refractivity contribution in [2.24, 2.45) is 0 Å². The van der Waals surface area contributed by atoms with Crippen LogP contribution in [-0.2, 0) is 4.79 Å². The second kappa shape index (κ2) is 8.20. The van der Waals surface area contributed by atoms with E-state index >= 15 is 0 Å². The number of aryl methyl sites for hydroxylation is 1. The van der Waals surface area contributed by atoms with Gasteiger partial charge in [0.1, 0.15) is 18.1 Å². The molecule has 4 heteroatoms. The van der Waals surface area contributed by atoms with Gasteiger partial charge in [-0.05, 0) is 50.6 Å². The SMILES string of the molecule is C=C(C)COc1ccccc1NC(=O)C(C)Oc1ccc(C)cc1. The molecule has 2 rings (SSSR count). The van der Waals surface area contributed by atoms with Gasteiger partial charge in [0.2, 0.25) is 0 Å². The van der Waals surface area contributed by atoms with E-state index in [-0.39, 0.29) is 5.91 Å². The fraction of sp³-hybridized carbons (Fsp3) is 0.250. The Morgan fingerprint density at radius 1 is 1.17 bits per heavy atom. The molecule has 0 radical (unpaired) electrons. The molecule has 2 aromatic rings. The molecular weight excluding hydrogens is 302 g/mol. The zero-order chi connectivity index (χ0) is 17.5. The minimum atomic E-state index is -0.623. The van der Waals surface area contributed by atoms with Gasteiger partial charge < -0.3 is 14.8 Å². The van der Waals surface area contributed by atoms with Crippen LogP contribution in [0.5, 0.6) is 11.5 Å². The monoisotopic (exact) mass is 325 g/mol. The first-order valence-electron chi connectivity index (χ1n) is 7.86. The number of rotatable bonds is 7. The Kier molecular flexibility index (Phi) is 6.01. The molecule has 4 nitrogen and oxygen atoms in total. The number of amides is 1. The summed E-state index contributed by atoms with van der Waals surface area (Å²) in [4.78, 5) is 12.4. The molecule has 0 aliphatic heterocycles. The summed E-state index contributed by atoms with van der Waals surface area (Å²) in [5.74, 6) is 1.04. The van der Waals surface area contributed by atoms with Gasteiger partial charge in [-0.1, -0.05) is 36.4 Å². The molecule has 0 fully saturated rings. The van der Waals surface area contributed by atoms with E-state index in [2.05, 4.69) is 11.9 Å². The summed E-state index contributed by atoms with van der Waals surface area (Å²) in [5.41, 5.74) is 2.67. The van der Waals surface area contributed by atoms with Crippen molar-refractivity contribution in [1.82, 2.24) is 0 Å². The lowest BCUT2D eigenvalue weighted by Gasteiger charge is -2.17. The van der Waals surface area contributed by atoms with Crippen LogP contribution >= 0.6 is 0 Å². The Balaban J connectivity index is 2.00. The average Bonchev–Trinajstić information content (AvgIpc) is 2.56. The topological polar surface area (TPSA) is 47.6 Å². The predicted molar refractivity (Wildman–Crippen MR) is 96.6 cm³/mol. The molecule has 0 bridgehead atoms. The second-order valence-corrected chi connectivity index (χ2v) is 5.80. The van der Waals surface area contributed by atoms with Gasteiger partial charge in [-0.15, -0.1) is 0 Å². The zero-order valence-corrected chi connectivity index (χ0v) is 14.3. The average molecular weight is 325 g/mol. The highest BCUT2D eigenvalue weighted by Crippen LogP contribution is 2.24. The molecule has 0 spiro atoms. The summed E-state index contributed by atoms with van der Waals surface area (Å²) in [6, 6.07) is 14.9. The van der Waals surface area contributed by atoms with E-state index in [4.69, 9.17) is 9.47 Å². The van der Waals surface area contributed by atoms with E-state index in [0.717, 1.165) is 11.1 Å². The molecule has 0 saturated carbocycles. The van der Waals surface area contributed by atoms with Crippen molar-refractivity contribution in [2.45, 2.75) is 26.9 Å². The highest BCUT2D eigenvalue weighted by molar-refractivity contribution is 5.95. The molecule has 0 aliphatic rings. The van der Waals surface area contributed by atoms with E-state index < -0.39 is 6.10 Å². The van der Waals surface area contributed by atoms with Gasteiger partial charge in [0.05, 0.1) is 5.69 Å². The molecule has 1 amide bonds. The third kappa shape index (κ3) is 5.16.